The highest BCUT2D eigenvalue weighted by molar-refractivity contribution is 7.53. The lowest BCUT2D eigenvalue weighted by atomic mass is 10.0. The standard InChI is InChI=1S/C16H45ClN8P8/c1-2-3-4-5-6-7-8-9-10-11-12-13-14-15-16-33-24-31-22-29-20-27-18-26-19-28-21-30-23-32-25(33)17/h18-21,23,26-30,32H,2-16H2,1H3,(H,22,24). The molecule has 0 saturated carbocycles. The molecule has 0 radical (unpaired) electrons. The molecule has 7 atom stereocenters. The second-order valence-corrected chi connectivity index (χ2v) is 19.2. The van der Waals surface area contributed by atoms with Crippen molar-refractivity contribution in [2.45, 2.75) is 103 Å². The molecule has 0 spiro atoms. The van der Waals surface area contributed by atoms with E-state index in [-0.39, 0.29) is 0 Å². The number of rotatable bonds is 15. The van der Waals surface area contributed by atoms with Crippen molar-refractivity contribution in [1.82, 2.24) is 35.2 Å². The summed E-state index contributed by atoms with van der Waals surface area (Å²) < 4.78 is 26.8. The van der Waals surface area contributed by atoms with E-state index < -0.39 is 7.85 Å². The van der Waals surface area contributed by atoms with Gasteiger partial charge in [0.25, 0.3) is 0 Å². The van der Waals surface area contributed by atoms with E-state index in [0.717, 1.165) is 14.7 Å². The number of unbranched alkanes of at least 4 members (excludes halogenated alkanes) is 13. The number of hydrogen-bond donors (Lipinski definition) is 6. The van der Waals surface area contributed by atoms with Crippen molar-refractivity contribution in [3.63, 3.8) is 0 Å². The zero-order chi connectivity index (χ0) is 23.7. The van der Waals surface area contributed by atoms with Crippen molar-refractivity contribution >= 4 is 79.2 Å². The summed E-state index contributed by atoms with van der Waals surface area (Å²) >= 11 is 6.62. The van der Waals surface area contributed by atoms with Gasteiger partial charge in [-0.25, -0.2) is 3.61 Å². The number of aromatic amines is 6. The van der Waals surface area contributed by atoms with E-state index in [2.05, 4.69) is 38.5 Å². The number of nitrogens with one attached hydrogen (secondary N) is 6. The smallest absolute Gasteiger partial charge is 0.138 e. The van der Waals surface area contributed by atoms with Crippen LogP contribution in [0.1, 0.15) is 96.8 Å². The molecule has 0 saturated heterocycles. The van der Waals surface area contributed by atoms with E-state index in [0.29, 0.717) is 51.1 Å². The molecule has 8 nitrogen and oxygen atoms in total. The molecular formula is C16H45ClN8P8. The maximum Gasteiger partial charge on any atom is 0.138 e. The van der Waals surface area contributed by atoms with Gasteiger partial charge in [-0.3, -0.25) is 4.51 Å². The fourth-order valence-corrected chi connectivity index (χ4v) is 13.8. The van der Waals surface area contributed by atoms with E-state index in [4.69, 9.17) is 11.8 Å². The van der Waals surface area contributed by atoms with Crippen LogP contribution in [-0.2, 0) is 6.16 Å². The van der Waals surface area contributed by atoms with Crippen molar-refractivity contribution in [2.75, 3.05) is 0 Å². The Bertz CT molecular complexity index is 770. The van der Waals surface area contributed by atoms with Crippen LogP contribution in [0.3, 0.4) is 0 Å². The highest BCUT2D eigenvalue weighted by Crippen LogP contribution is 2.30. The van der Waals surface area contributed by atoms with E-state index in [9.17, 15) is 0 Å². The van der Waals surface area contributed by atoms with Crippen molar-refractivity contribution in [2.24, 2.45) is 0 Å². The van der Waals surface area contributed by atoms with Gasteiger partial charge in [0.15, 0.2) is 0 Å². The number of nitrogens with zero attached hydrogens (tertiary/aromatic N) is 2. The lowest BCUT2D eigenvalue weighted by Gasteiger charge is -2.05. The highest BCUT2D eigenvalue weighted by Gasteiger charge is 1.97. The largest absolute Gasteiger partial charge is 0.314 e. The molecule has 33 heavy (non-hydrogen) atoms. The van der Waals surface area contributed by atoms with E-state index >= 15 is 0 Å². The number of halogens is 1. The number of hydrogen-bond acceptors (Lipinski definition) is 1. The summed E-state index contributed by atoms with van der Waals surface area (Å²) in [5, 5.41) is 0. The van der Waals surface area contributed by atoms with Crippen molar-refractivity contribution in [3.8, 4) is 0 Å². The molecule has 6 N–H and O–H groups in total. The summed E-state index contributed by atoms with van der Waals surface area (Å²) in [6, 6.07) is 0. The molecule has 0 aromatic carbocycles. The minimum Gasteiger partial charge on any atom is -0.314 e. The first-order valence-corrected chi connectivity index (χ1v) is 20.5. The van der Waals surface area contributed by atoms with Gasteiger partial charge in [-0.2, -0.15) is 4.51 Å². The first-order valence-electron chi connectivity index (χ1n) is 12.0. The number of aryl methyl sites for hydroxylation is 1. The normalized spacial score (nSPS) is 12.4. The summed E-state index contributed by atoms with van der Waals surface area (Å²) in [6.07, 6.45) is 20.6. The third-order valence-electron chi connectivity index (χ3n) is 4.90. The maximum atomic E-state index is 6.62. The van der Waals surface area contributed by atoms with Gasteiger partial charge < -0.3 is 22.5 Å². The number of H-pyrrole nitrogens is 6. The van der Waals surface area contributed by atoms with Gasteiger partial charge in [0, 0.05) is 76.8 Å². The highest BCUT2D eigenvalue weighted by atomic mass is 35.5. The Morgan fingerprint density at radius 3 is 1.76 bits per heavy atom. The Labute approximate surface area is 216 Å². The Morgan fingerprint density at radius 2 is 1.18 bits per heavy atom. The molecule has 196 valence electrons. The summed E-state index contributed by atoms with van der Waals surface area (Å²) in [5.74, 6) is 0. The molecule has 1 aromatic heterocycles. The van der Waals surface area contributed by atoms with Crippen LogP contribution in [0, 0.1) is 0 Å². The van der Waals surface area contributed by atoms with Crippen LogP contribution < -0.4 is 0 Å². The molecule has 1 aromatic rings. The van der Waals surface area contributed by atoms with Crippen LogP contribution in [0.15, 0.2) is 0 Å². The molecular weight excluding hydrogens is 587 g/mol. The first kappa shape index (κ1) is 32.1. The molecule has 1 rings (SSSR count). The fourth-order valence-electron chi connectivity index (χ4n) is 3.14. The molecule has 7 unspecified atom stereocenters. The molecule has 0 aliphatic rings. The summed E-state index contributed by atoms with van der Waals surface area (Å²) in [6.45, 7) is 2.29. The molecule has 0 aliphatic heterocycles. The summed E-state index contributed by atoms with van der Waals surface area (Å²) in [5.41, 5.74) is 0. The first-order chi connectivity index (χ1) is 16.3. The Balaban J connectivity index is 2.34. The summed E-state index contributed by atoms with van der Waals surface area (Å²) in [4.78, 5) is 0. The quantitative estimate of drug-likeness (QED) is 0.106. The predicted octanol–water partition coefficient (Wildman–Crippen LogP) is 10.8. The third-order valence-corrected chi connectivity index (χ3v) is 15.0. The van der Waals surface area contributed by atoms with Crippen LogP contribution >= 0.6 is 79.2 Å². The van der Waals surface area contributed by atoms with E-state index in [1.165, 1.54) is 89.9 Å². The third kappa shape index (κ3) is 22.0. The molecule has 0 bridgehead atoms. The van der Waals surface area contributed by atoms with Crippen LogP contribution in [-0.4, -0.2) is 35.2 Å². The molecule has 0 aliphatic carbocycles. The zero-order valence-electron chi connectivity index (χ0n) is 19.8. The monoisotopic (exact) mass is 632 g/mol. The lowest BCUT2D eigenvalue weighted by molar-refractivity contribution is 0.537. The van der Waals surface area contributed by atoms with Gasteiger partial charge >= 0.3 is 0 Å². The van der Waals surface area contributed by atoms with Gasteiger partial charge in [0.1, 0.15) is 8.51 Å². The molecule has 0 amide bonds. The average molecular weight is 633 g/mol. The zero-order valence-corrected chi connectivity index (χ0v) is 28.3. The fraction of sp³-hybridized carbons (Fsp3) is 1.00. The van der Waals surface area contributed by atoms with Crippen LogP contribution in [0.5, 0.6) is 0 Å². The topological polar surface area (TPSA) is 113 Å². The Morgan fingerprint density at radius 1 is 0.697 bits per heavy atom. The van der Waals surface area contributed by atoms with Gasteiger partial charge in [-0.05, 0) is 6.42 Å². The number of aromatic nitrogens is 8. The average Bonchev–Trinajstić information content (AvgIpc) is 2.82. The molecule has 0 fully saturated rings. The molecule has 1 heterocycles. The van der Waals surface area contributed by atoms with E-state index in [1.807, 2.05) is 3.61 Å². The molecule has 17 heteroatoms. The second-order valence-electron chi connectivity index (χ2n) is 7.63. The Hall–Kier alpha value is 1.09. The van der Waals surface area contributed by atoms with Crippen LogP contribution in [0.4, 0.5) is 0 Å². The van der Waals surface area contributed by atoms with E-state index in [1.54, 1.807) is 0 Å². The van der Waals surface area contributed by atoms with Gasteiger partial charge in [0.2, 0.25) is 0 Å². The van der Waals surface area contributed by atoms with Gasteiger partial charge in [0.05, 0.1) is 0 Å². The van der Waals surface area contributed by atoms with Crippen molar-refractivity contribution in [1.29, 1.82) is 0 Å². The van der Waals surface area contributed by atoms with Gasteiger partial charge in [-0.1, -0.05) is 90.4 Å². The lowest BCUT2D eigenvalue weighted by Crippen LogP contribution is -1.84. The SMILES string of the molecule is CCCCCCCCCCCCCCCCp1[nH]pn[pH][nH][pH][nH][pH][nH][pH][nH][pH][nH][pH]n1Cl. The Kier molecular flexibility index (Phi) is 25.5. The predicted molar refractivity (Wildman–Crippen MR) is 168 cm³/mol. The van der Waals surface area contributed by atoms with Crippen LogP contribution in [0.2, 0.25) is 0 Å². The van der Waals surface area contributed by atoms with Crippen molar-refractivity contribution < 1.29 is 0 Å². The minimum absolute atomic E-state index is 0.403. The summed E-state index contributed by atoms with van der Waals surface area (Å²) in [7, 11) is 3.28. The van der Waals surface area contributed by atoms with Crippen LogP contribution in [0.25, 0.3) is 0 Å². The maximum absolute atomic E-state index is 6.62. The minimum atomic E-state index is -0.573. The second kappa shape index (κ2) is 26.2. The van der Waals surface area contributed by atoms with Gasteiger partial charge in [-0.15, -0.1) is 0 Å². The van der Waals surface area contributed by atoms with Crippen molar-refractivity contribution in [3.05, 3.63) is 0 Å².